The Morgan fingerprint density at radius 1 is 1.40 bits per heavy atom. The predicted molar refractivity (Wildman–Crippen MR) is 78.0 cm³/mol. The molecule has 0 spiro atoms. The van der Waals surface area contributed by atoms with Crippen molar-refractivity contribution in [3.63, 3.8) is 0 Å². The Morgan fingerprint density at radius 2 is 2.10 bits per heavy atom. The molecule has 0 amide bonds. The highest BCUT2D eigenvalue weighted by Gasteiger charge is 2.29. The van der Waals surface area contributed by atoms with E-state index in [9.17, 15) is 13.5 Å². The van der Waals surface area contributed by atoms with Crippen molar-refractivity contribution in [2.45, 2.75) is 56.6 Å². The summed E-state index contributed by atoms with van der Waals surface area (Å²) >= 11 is 0. The van der Waals surface area contributed by atoms with Crippen LogP contribution in [0.2, 0.25) is 0 Å². The van der Waals surface area contributed by atoms with E-state index in [4.69, 9.17) is 0 Å². The molecule has 1 aromatic heterocycles. The number of sulfonamides is 1. The number of hydrogen-bond acceptors (Lipinski definition) is 3. The van der Waals surface area contributed by atoms with Gasteiger partial charge in [-0.15, -0.1) is 0 Å². The Labute approximate surface area is 121 Å². The normalized spacial score (nSPS) is 16.0. The van der Waals surface area contributed by atoms with Crippen LogP contribution in [0.25, 0.3) is 0 Å². The average molecular weight is 300 g/mol. The minimum absolute atomic E-state index is 0.119. The molecule has 1 fully saturated rings. The molecule has 114 valence electrons. The molecule has 0 aromatic carbocycles. The van der Waals surface area contributed by atoms with Crippen LogP contribution < -0.4 is 0 Å². The van der Waals surface area contributed by atoms with E-state index in [0.29, 0.717) is 23.2 Å². The summed E-state index contributed by atoms with van der Waals surface area (Å²) in [4.78, 5) is 0.299. The van der Waals surface area contributed by atoms with E-state index in [0.717, 1.165) is 32.1 Å². The fraction of sp³-hybridized carbons (Fsp3) is 0.714. The molecule has 0 radical (unpaired) electrons. The minimum atomic E-state index is -3.44. The van der Waals surface area contributed by atoms with Crippen LogP contribution in [0.1, 0.15) is 50.8 Å². The molecular weight excluding hydrogens is 276 g/mol. The summed E-state index contributed by atoms with van der Waals surface area (Å²) in [5.74, 6) is 0. The van der Waals surface area contributed by atoms with Crippen molar-refractivity contribution in [2.24, 2.45) is 0 Å². The second-order valence-corrected chi connectivity index (χ2v) is 7.54. The first-order valence-electron chi connectivity index (χ1n) is 7.28. The maximum absolute atomic E-state index is 12.5. The lowest BCUT2D eigenvalue weighted by Crippen LogP contribution is -2.27. The topological polar surface area (TPSA) is 62.5 Å². The van der Waals surface area contributed by atoms with Gasteiger partial charge in [-0.1, -0.05) is 19.8 Å². The zero-order valence-corrected chi connectivity index (χ0v) is 13.1. The van der Waals surface area contributed by atoms with Crippen molar-refractivity contribution >= 4 is 10.0 Å². The van der Waals surface area contributed by atoms with Crippen molar-refractivity contribution in [1.82, 2.24) is 8.87 Å². The number of nitrogens with zero attached hydrogens (tertiary/aromatic N) is 2. The number of aliphatic hydroxyl groups is 1. The van der Waals surface area contributed by atoms with Gasteiger partial charge in [-0.25, -0.2) is 12.7 Å². The van der Waals surface area contributed by atoms with Gasteiger partial charge in [0.2, 0.25) is 10.0 Å². The highest BCUT2D eigenvalue weighted by molar-refractivity contribution is 7.89. The lowest BCUT2D eigenvalue weighted by atomic mass is 10.2. The third-order valence-corrected chi connectivity index (χ3v) is 5.62. The van der Waals surface area contributed by atoms with Crippen LogP contribution in [0, 0.1) is 0 Å². The van der Waals surface area contributed by atoms with Gasteiger partial charge in [-0.3, -0.25) is 0 Å². The molecule has 1 aromatic rings. The highest BCUT2D eigenvalue weighted by atomic mass is 32.2. The van der Waals surface area contributed by atoms with Crippen LogP contribution in [0.3, 0.4) is 0 Å². The zero-order valence-electron chi connectivity index (χ0n) is 12.2. The van der Waals surface area contributed by atoms with Crippen LogP contribution in [0.4, 0.5) is 0 Å². The number of rotatable bonds is 8. The maximum Gasteiger partial charge on any atom is 0.244 e. The smallest absolute Gasteiger partial charge is 0.244 e. The van der Waals surface area contributed by atoms with Crippen molar-refractivity contribution in [1.29, 1.82) is 0 Å². The zero-order chi connectivity index (χ0) is 14.8. The molecule has 1 heterocycles. The van der Waals surface area contributed by atoms with Gasteiger partial charge in [-0.05, 0) is 25.3 Å². The van der Waals surface area contributed by atoms with E-state index in [1.807, 2.05) is 4.57 Å². The first-order valence-corrected chi connectivity index (χ1v) is 8.72. The lowest BCUT2D eigenvalue weighted by molar-refractivity contribution is 0.270. The Kier molecular flexibility index (Phi) is 4.88. The van der Waals surface area contributed by atoms with E-state index in [1.54, 1.807) is 19.3 Å². The predicted octanol–water partition coefficient (Wildman–Crippen LogP) is 2.13. The van der Waals surface area contributed by atoms with E-state index >= 15 is 0 Å². The third-order valence-electron chi connectivity index (χ3n) is 3.79. The first-order chi connectivity index (χ1) is 9.50. The second kappa shape index (κ2) is 6.28. The monoisotopic (exact) mass is 300 g/mol. The van der Waals surface area contributed by atoms with E-state index in [1.165, 1.54) is 4.31 Å². The molecule has 0 saturated heterocycles. The Hall–Kier alpha value is -0.850. The number of unbranched alkanes of at least 4 members (excludes halogenated alkanes) is 2. The van der Waals surface area contributed by atoms with Crippen molar-refractivity contribution in [3.05, 3.63) is 18.0 Å². The summed E-state index contributed by atoms with van der Waals surface area (Å²) in [5, 5.41) is 9.36. The van der Waals surface area contributed by atoms with Crippen LogP contribution >= 0.6 is 0 Å². The van der Waals surface area contributed by atoms with Gasteiger partial charge in [0.1, 0.15) is 4.90 Å². The molecule has 1 aliphatic carbocycles. The van der Waals surface area contributed by atoms with Crippen LogP contribution in [0.5, 0.6) is 0 Å². The molecule has 2 rings (SSSR count). The fourth-order valence-electron chi connectivity index (χ4n) is 2.34. The van der Waals surface area contributed by atoms with Gasteiger partial charge in [0, 0.05) is 31.5 Å². The molecule has 1 aliphatic rings. The van der Waals surface area contributed by atoms with Gasteiger partial charge in [-0.2, -0.15) is 0 Å². The van der Waals surface area contributed by atoms with E-state index in [-0.39, 0.29) is 6.61 Å². The molecule has 1 N–H and O–H groups in total. The van der Waals surface area contributed by atoms with Crippen molar-refractivity contribution < 1.29 is 13.5 Å². The highest BCUT2D eigenvalue weighted by Crippen LogP contribution is 2.37. The Bertz CT molecular complexity index is 547. The number of aromatic nitrogens is 1. The summed E-state index contributed by atoms with van der Waals surface area (Å²) in [6.45, 7) is 2.52. The number of hydrogen-bond donors (Lipinski definition) is 1. The van der Waals surface area contributed by atoms with E-state index in [2.05, 4.69) is 6.92 Å². The summed E-state index contributed by atoms with van der Waals surface area (Å²) < 4.78 is 28.3. The molecule has 5 nitrogen and oxygen atoms in total. The Balaban J connectivity index is 2.16. The van der Waals surface area contributed by atoms with E-state index < -0.39 is 10.0 Å². The molecule has 0 unspecified atom stereocenters. The molecule has 0 aliphatic heterocycles. The third kappa shape index (κ3) is 3.24. The first kappa shape index (κ1) is 15.5. The molecule has 1 saturated carbocycles. The lowest BCUT2D eigenvalue weighted by Gasteiger charge is -2.15. The standard InChI is InChI=1S/C14H24N2O3S/c1-3-4-5-8-15(2)20(18,19)14-9-13(11-17)16(10-14)12-6-7-12/h9-10,12,17H,3-8,11H2,1-2H3. The van der Waals surface area contributed by atoms with Crippen LogP contribution in [-0.2, 0) is 16.6 Å². The molecule has 6 heteroatoms. The van der Waals surface area contributed by atoms with Crippen molar-refractivity contribution in [3.8, 4) is 0 Å². The van der Waals surface area contributed by atoms with Crippen molar-refractivity contribution in [2.75, 3.05) is 13.6 Å². The van der Waals surface area contributed by atoms with Crippen LogP contribution in [0.15, 0.2) is 17.2 Å². The van der Waals surface area contributed by atoms with Gasteiger partial charge >= 0.3 is 0 Å². The summed E-state index contributed by atoms with van der Waals surface area (Å²) in [6, 6.07) is 1.97. The van der Waals surface area contributed by atoms with Gasteiger partial charge in [0.25, 0.3) is 0 Å². The maximum atomic E-state index is 12.5. The molecule has 0 atom stereocenters. The SMILES string of the molecule is CCCCCN(C)S(=O)(=O)c1cc(CO)n(C2CC2)c1. The second-order valence-electron chi connectivity index (χ2n) is 5.50. The van der Waals surface area contributed by atoms with Gasteiger partial charge in [0.15, 0.2) is 0 Å². The fourth-order valence-corrected chi connectivity index (χ4v) is 3.60. The van der Waals surface area contributed by atoms with Gasteiger partial charge < -0.3 is 9.67 Å². The largest absolute Gasteiger partial charge is 0.390 e. The van der Waals surface area contributed by atoms with Crippen LogP contribution in [-0.4, -0.2) is 36.0 Å². The minimum Gasteiger partial charge on any atom is -0.390 e. The molecule has 0 bridgehead atoms. The molecular formula is C14H24N2O3S. The number of aliphatic hydroxyl groups excluding tert-OH is 1. The summed E-state index contributed by atoms with van der Waals surface area (Å²) in [6.07, 6.45) is 6.78. The quantitative estimate of drug-likeness (QED) is 0.748. The average Bonchev–Trinajstić information content (AvgIpc) is 3.17. The summed E-state index contributed by atoms with van der Waals surface area (Å²) in [7, 11) is -1.81. The van der Waals surface area contributed by atoms with Gasteiger partial charge in [0.05, 0.1) is 6.61 Å². The molecule has 20 heavy (non-hydrogen) atoms. The Morgan fingerprint density at radius 3 is 2.65 bits per heavy atom. The summed E-state index contributed by atoms with van der Waals surface area (Å²) in [5.41, 5.74) is 0.688.